The van der Waals surface area contributed by atoms with E-state index in [1.807, 2.05) is 11.3 Å². The number of hydrogen-bond acceptors (Lipinski definition) is 3. The molecule has 0 aromatic carbocycles. The van der Waals surface area contributed by atoms with Crippen LogP contribution in [0.25, 0.3) is 0 Å². The third-order valence-electron chi connectivity index (χ3n) is 4.16. The van der Waals surface area contributed by atoms with Crippen LogP contribution in [0.3, 0.4) is 0 Å². The highest BCUT2D eigenvalue weighted by Gasteiger charge is 2.29. The van der Waals surface area contributed by atoms with Crippen molar-refractivity contribution in [3.05, 3.63) is 16.1 Å². The van der Waals surface area contributed by atoms with E-state index in [1.165, 1.54) is 30.7 Å². The molecule has 0 bridgehead atoms. The second kappa shape index (κ2) is 5.96. The molecule has 1 fully saturated rings. The fraction of sp³-hybridized carbons (Fsp3) is 0.786. The fourth-order valence-electron chi connectivity index (χ4n) is 3.04. The molecule has 17 heavy (non-hydrogen) atoms. The molecular formula is C14H24N2S. The molecule has 96 valence electrons. The van der Waals surface area contributed by atoms with Gasteiger partial charge in [0.1, 0.15) is 0 Å². The molecular weight excluding hydrogens is 228 g/mol. The van der Waals surface area contributed by atoms with Crippen LogP contribution in [0.5, 0.6) is 0 Å². The minimum Gasteiger partial charge on any atom is -0.316 e. The highest BCUT2D eigenvalue weighted by Crippen LogP contribution is 2.35. The lowest BCUT2D eigenvalue weighted by Crippen LogP contribution is -2.34. The van der Waals surface area contributed by atoms with Gasteiger partial charge in [-0.15, -0.1) is 11.3 Å². The van der Waals surface area contributed by atoms with Crippen LogP contribution >= 0.6 is 11.3 Å². The molecule has 0 aliphatic heterocycles. The van der Waals surface area contributed by atoms with Crippen LogP contribution < -0.4 is 5.32 Å². The van der Waals surface area contributed by atoms with E-state index in [0.29, 0.717) is 6.04 Å². The molecule has 3 unspecified atom stereocenters. The Hall–Kier alpha value is -0.410. The van der Waals surface area contributed by atoms with Crippen LogP contribution in [0.4, 0.5) is 0 Å². The van der Waals surface area contributed by atoms with Gasteiger partial charge < -0.3 is 5.32 Å². The van der Waals surface area contributed by atoms with Crippen LogP contribution in [0.15, 0.2) is 5.38 Å². The maximum Gasteiger partial charge on any atom is 0.0943 e. The van der Waals surface area contributed by atoms with Gasteiger partial charge in [0.15, 0.2) is 0 Å². The normalized spacial score (nSPS) is 26.3. The Morgan fingerprint density at radius 3 is 2.88 bits per heavy atom. The van der Waals surface area contributed by atoms with Crippen LogP contribution in [0, 0.1) is 18.8 Å². The van der Waals surface area contributed by atoms with Crippen molar-refractivity contribution in [1.29, 1.82) is 0 Å². The first kappa shape index (κ1) is 13.0. The molecule has 0 spiro atoms. The van der Waals surface area contributed by atoms with Gasteiger partial charge in [-0.05, 0) is 38.6 Å². The molecule has 3 heteroatoms. The number of thiazole rings is 1. The van der Waals surface area contributed by atoms with Gasteiger partial charge >= 0.3 is 0 Å². The Balaban J connectivity index is 1.93. The van der Waals surface area contributed by atoms with E-state index in [9.17, 15) is 0 Å². The third-order valence-corrected chi connectivity index (χ3v) is 5.15. The van der Waals surface area contributed by atoms with Crippen molar-refractivity contribution in [2.24, 2.45) is 11.8 Å². The van der Waals surface area contributed by atoms with Crippen molar-refractivity contribution in [2.75, 3.05) is 7.05 Å². The quantitative estimate of drug-likeness (QED) is 0.868. The largest absolute Gasteiger partial charge is 0.316 e. The summed E-state index contributed by atoms with van der Waals surface area (Å²) < 4.78 is 0. The van der Waals surface area contributed by atoms with Gasteiger partial charge in [0.25, 0.3) is 0 Å². The summed E-state index contributed by atoms with van der Waals surface area (Å²) in [7, 11) is 2.10. The smallest absolute Gasteiger partial charge is 0.0943 e. The lowest BCUT2D eigenvalue weighted by atomic mass is 9.94. The van der Waals surface area contributed by atoms with Crippen LogP contribution in [0.1, 0.15) is 43.3 Å². The predicted molar refractivity (Wildman–Crippen MR) is 74.5 cm³/mol. The average molecular weight is 252 g/mol. The van der Waals surface area contributed by atoms with Crippen LogP contribution in [-0.4, -0.2) is 18.1 Å². The topological polar surface area (TPSA) is 24.9 Å². The highest BCUT2D eigenvalue weighted by molar-refractivity contribution is 7.09. The van der Waals surface area contributed by atoms with E-state index in [-0.39, 0.29) is 0 Å². The third kappa shape index (κ3) is 3.29. The molecule has 0 amide bonds. The lowest BCUT2D eigenvalue weighted by Gasteiger charge is -2.22. The summed E-state index contributed by atoms with van der Waals surface area (Å²) in [6.07, 6.45) is 6.69. The summed E-state index contributed by atoms with van der Waals surface area (Å²) >= 11 is 1.81. The first-order chi connectivity index (χ1) is 8.22. The molecule has 1 saturated carbocycles. The molecule has 1 aromatic rings. The van der Waals surface area contributed by atoms with Gasteiger partial charge in [0.2, 0.25) is 0 Å². The molecule has 1 heterocycles. The fourth-order valence-corrected chi connectivity index (χ4v) is 3.87. The van der Waals surface area contributed by atoms with Gasteiger partial charge in [0.05, 0.1) is 5.01 Å². The van der Waals surface area contributed by atoms with Gasteiger partial charge in [-0.2, -0.15) is 0 Å². The molecule has 3 atom stereocenters. The van der Waals surface area contributed by atoms with E-state index in [2.05, 4.69) is 36.6 Å². The maximum absolute atomic E-state index is 4.59. The van der Waals surface area contributed by atoms with Crippen molar-refractivity contribution in [1.82, 2.24) is 10.3 Å². The van der Waals surface area contributed by atoms with Crippen molar-refractivity contribution in [3.63, 3.8) is 0 Å². The molecule has 1 aliphatic rings. The van der Waals surface area contributed by atoms with Gasteiger partial charge in [0, 0.05) is 23.5 Å². The van der Waals surface area contributed by atoms with Crippen molar-refractivity contribution < 1.29 is 0 Å². The number of rotatable bonds is 5. The molecule has 1 aliphatic carbocycles. The summed E-state index contributed by atoms with van der Waals surface area (Å²) in [5.74, 6) is 1.82. The maximum atomic E-state index is 4.59. The highest BCUT2D eigenvalue weighted by atomic mass is 32.1. The summed E-state index contributed by atoms with van der Waals surface area (Å²) in [5, 5.41) is 6.96. The van der Waals surface area contributed by atoms with Gasteiger partial charge in [-0.1, -0.05) is 19.8 Å². The molecule has 1 N–H and O–H groups in total. The Morgan fingerprint density at radius 1 is 1.53 bits per heavy atom. The SMILES string of the molecule is CCC1CCC(C(Cc2nc(C)cs2)NC)C1. The second-order valence-corrected chi connectivity index (χ2v) is 6.27. The van der Waals surface area contributed by atoms with Crippen molar-refractivity contribution in [3.8, 4) is 0 Å². The zero-order valence-electron chi connectivity index (χ0n) is 11.2. The Labute approximate surface area is 109 Å². The number of aromatic nitrogens is 1. The van der Waals surface area contributed by atoms with E-state index >= 15 is 0 Å². The Kier molecular flexibility index (Phi) is 4.57. The minimum atomic E-state index is 0.622. The number of hydrogen-bond donors (Lipinski definition) is 1. The zero-order valence-corrected chi connectivity index (χ0v) is 12.0. The molecule has 2 rings (SSSR count). The van der Waals surface area contributed by atoms with Gasteiger partial charge in [-0.25, -0.2) is 4.98 Å². The van der Waals surface area contributed by atoms with Gasteiger partial charge in [-0.3, -0.25) is 0 Å². The number of likely N-dealkylation sites (N-methyl/N-ethyl adjacent to an activating group) is 1. The average Bonchev–Trinajstić information content (AvgIpc) is 2.94. The molecule has 0 saturated heterocycles. The monoisotopic (exact) mass is 252 g/mol. The lowest BCUT2D eigenvalue weighted by molar-refractivity contribution is 0.361. The summed E-state index contributed by atoms with van der Waals surface area (Å²) in [6, 6.07) is 0.622. The molecule has 2 nitrogen and oxygen atoms in total. The van der Waals surface area contributed by atoms with E-state index in [1.54, 1.807) is 0 Å². The first-order valence-electron chi connectivity index (χ1n) is 6.81. The van der Waals surface area contributed by atoms with E-state index in [0.717, 1.165) is 24.0 Å². The number of nitrogens with one attached hydrogen (secondary N) is 1. The summed E-state index contributed by atoms with van der Waals surface area (Å²) in [4.78, 5) is 4.59. The van der Waals surface area contributed by atoms with Crippen LogP contribution in [0.2, 0.25) is 0 Å². The Bertz CT molecular complexity index is 348. The number of aryl methyl sites for hydroxylation is 1. The zero-order chi connectivity index (χ0) is 12.3. The van der Waals surface area contributed by atoms with Crippen LogP contribution in [-0.2, 0) is 6.42 Å². The Morgan fingerprint density at radius 2 is 2.35 bits per heavy atom. The van der Waals surface area contributed by atoms with Crippen molar-refractivity contribution in [2.45, 2.75) is 52.0 Å². The summed E-state index contributed by atoms with van der Waals surface area (Å²) in [5.41, 5.74) is 1.16. The van der Waals surface area contributed by atoms with Crippen molar-refractivity contribution >= 4 is 11.3 Å². The van der Waals surface area contributed by atoms with E-state index < -0.39 is 0 Å². The second-order valence-electron chi connectivity index (χ2n) is 5.33. The summed E-state index contributed by atoms with van der Waals surface area (Å²) in [6.45, 7) is 4.41. The molecule has 0 radical (unpaired) electrons. The first-order valence-corrected chi connectivity index (χ1v) is 7.69. The standard InChI is InChI=1S/C14H24N2S/c1-4-11-5-6-12(7-11)13(15-3)8-14-16-10(2)9-17-14/h9,11-13,15H,4-8H2,1-3H3. The van der Waals surface area contributed by atoms with E-state index in [4.69, 9.17) is 0 Å². The molecule has 1 aromatic heterocycles. The predicted octanol–water partition coefficient (Wildman–Crippen LogP) is 3.41. The minimum absolute atomic E-state index is 0.622. The number of nitrogens with zero attached hydrogens (tertiary/aromatic N) is 1.